The first-order chi connectivity index (χ1) is 12.6. The number of carbonyl (C=O) groups excluding carboxylic acids is 1. The highest BCUT2D eigenvalue weighted by Gasteiger charge is 2.15. The van der Waals surface area contributed by atoms with Crippen LogP contribution in [0.4, 0.5) is 0 Å². The molecule has 26 heavy (non-hydrogen) atoms. The summed E-state index contributed by atoms with van der Waals surface area (Å²) in [5.74, 6) is 0.878. The maximum Gasteiger partial charge on any atom is 0.227 e. The Bertz CT molecular complexity index is 711. The van der Waals surface area contributed by atoms with Crippen molar-refractivity contribution in [1.82, 2.24) is 14.8 Å². The van der Waals surface area contributed by atoms with E-state index in [-0.39, 0.29) is 5.91 Å². The van der Waals surface area contributed by atoms with E-state index in [9.17, 15) is 4.79 Å². The molecule has 1 aromatic carbocycles. The highest BCUT2D eigenvalue weighted by molar-refractivity contribution is 7.09. The molecule has 0 N–H and O–H groups in total. The normalized spacial score (nSPS) is 15.0. The lowest BCUT2D eigenvalue weighted by atomic mass is 10.1. The van der Waals surface area contributed by atoms with E-state index < -0.39 is 0 Å². The van der Waals surface area contributed by atoms with E-state index >= 15 is 0 Å². The van der Waals surface area contributed by atoms with Crippen molar-refractivity contribution in [1.29, 1.82) is 0 Å². The second kappa shape index (κ2) is 9.12. The summed E-state index contributed by atoms with van der Waals surface area (Å²) < 4.78 is 10.5. The van der Waals surface area contributed by atoms with Crippen LogP contribution in [0, 0.1) is 0 Å². The van der Waals surface area contributed by atoms with Crippen LogP contribution in [0.25, 0.3) is 0 Å². The second-order valence-electron chi connectivity index (χ2n) is 6.40. The number of likely N-dealkylation sites (N-methyl/N-ethyl adjacent to an activating group) is 1. The van der Waals surface area contributed by atoms with Crippen LogP contribution < -0.4 is 4.74 Å². The Morgan fingerprint density at radius 3 is 2.73 bits per heavy atom. The quantitative estimate of drug-likeness (QED) is 0.743. The summed E-state index contributed by atoms with van der Waals surface area (Å²) in [6.45, 7) is 4.89. The Morgan fingerprint density at radius 1 is 1.31 bits per heavy atom. The third kappa shape index (κ3) is 5.27. The van der Waals surface area contributed by atoms with Gasteiger partial charge in [0.1, 0.15) is 10.8 Å². The fourth-order valence-electron chi connectivity index (χ4n) is 2.83. The average molecular weight is 375 g/mol. The van der Waals surface area contributed by atoms with Crippen molar-refractivity contribution >= 4 is 17.2 Å². The zero-order valence-electron chi connectivity index (χ0n) is 15.3. The van der Waals surface area contributed by atoms with Gasteiger partial charge in [-0.3, -0.25) is 9.69 Å². The number of methoxy groups -OCH3 is 1. The molecule has 2 aromatic rings. The van der Waals surface area contributed by atoms with Gasteiger partial charge in [-0.1, -0.05) is 12.1 Å². The largest absolute Gasteiger partial charge is 0.497 e. The number of thiazole rings is 1. The maximum atomic E-state index is 12.4. The van der Waals surface area contributed by atoms with E-state index in [1.165, 1.54) is 0 Å². The number of aromatic nitrogens is 1. The monoisotopic (exact) mass is 375 g/mol. The molecule has 140 valence electrons. The Kier molecular flexibility index (Phi) is 6.60. The molecule has 2 heterocycles. The predicted octanol–water partition coefficient (Wildman–Crippen LogP) is 2.18. The molecule has 1 aromatic heterocycles. The van der Waals surface area contributed by atoms with Crippen LogP contribution in [-0.2, 0) is 29.0 Å². The van der Waals surface area contributed by atoms with Crippen molar-refractivity contribution in [3.63, 3.8) is 0 Å². The van der Waals surface area contributed by atoms with Crippen molar-refractivity contribution in [3.05, 3.63) is 45.9 Å². The number of hydrogen-bond acceptors (Lipinski definition) is 6. The fourth-order valence-corrected chi connectivity index (χ4v) is 3.66. The molecule has 1 aliphatic heterocycles. The summed E-state index contributed by atoms with van der Waals surface area (Å²) in [7, 11) is 3.46. The third-order valence-electron chi connectivity index (χ3n) is 4.40. The molecule has 0 saturated carbocycles. The molecule has 0 atom stereocenters. The second-order valence-corrected chi connectivity index (χ2v) is 7.34. The molecular weight excluding hydrogens is 350 g/mol. The Labute approximate surface area is 158 Å². The molecular formula is C19H25N3O3S. The van der Waals surface area contributed by atoms with E-state index in [0.29, 0.717) is 13.0 Å². The topological polar surface area (TPSA) is 54.9 Å². The Morgan fingerprint density at radius 2 is 2.04 bits per heavy atom. The molecule has 1 fully saturated rings. The van der Waals surface area contributed by atoms with Gasteiger partial charge >= 0.3 is 0 Å². The Balaban J connectivity index is 1.50. The van der Waals surface area contributed by atoms with Gasteiger partial charge in [0.25, 0.3) is 0 Å². The molecule has 0 unspecified atom stereocenters. The van der Waals surface area contributed by atoms with Crippen LogP contribution >= 0.6 is 11.3 Å². The predicted molar refractivity (Wildman–Crippen MR) is 101 cm³/mol. The van der Waals surface area contributed by atoms with Gasteiger partial charge in [0.2, 0.25) is 5.91 Å². The highest BCUT2D eigenvalue weighted by Crippen LogP contribution is 2.16. The zero-order valence-corrected chi connectivity index (χ0v) is 16.1. The van der Waals surface area contributed by atoms with Gasteiger partial charge in [-0.25, -0.2) is 4.98 Å². The minimum atomic E-state index is 0.0814. The minimum absolute atomic E-state index is 0.0814. The smallest absolute Gasteiger partial charge is 0.227 e. The molecule has 1 saturated heterocycles. The number of nitrogens with zero attached hydrogens (tertiary/aromatic N) is 3. The van der Waals surface area contributed by atoms with E-state index in [0.717, 1.165) is 54.9 Å². The van der Waals surface area contributed by atoms with Gasteiger partial charge in [-0.15, -0.1) is 11.3 Å². The SMILES string of the molecule is COc1ccc(CC(=O)N(C)Cc2csc(CN3CCOCC3)n2)cc1. The molecule has 0 spiro atoms. The lowest BCUT2D eigenvalue weighted by molar-refractivity contribution is -0.129. The fraction of sp³-hybridized carbons (Fsp3) is 0.474. The number of ether oxygens (including phenoxy) is 2. The molecule has 1 amide bonds. The molecule has 0 radical (unpaired) electrons. The van der Waals surface area contributed by atoms with Gasteiger partial charge in [-0.2, -0.15) is 0 Å². The standard InChI is InChI=1S/C19H25N3O3S/c1-21(19(23)11-15-3-5-17(24-2)6-4-15)12-16-14-26-18(20-16)13-22-7-9-25-10-8-22/h3-6,14H,7-13H2,1-2H3. The maximum absolute atomic E-state index is 12.4. The first kappa shape index (κ1) is 18.8. The number of rotatable bonds is 7. The van der Waals surface area contributed by atoms with Crippen molar-refractivity contribution < 1.29 is 14.3 Å². The average Bonchev–Trinajstić information content (AvgIpc) is 3.10. The summed E-state index contributed by atoms with van der Waals surface area (Å²) in [5.41, 5.74) is 1.93. The van der Waals surface area contributed by atoms with Crippen LogP contribution in [-0.4, -0.2) is 61.2 Å². The van der Waals surface area contributed by atoms with E-state index in [1.807, 2.05) is 36.7 Å². The number of hydrogen-bond donors (Lipinski definition) is 0. The zero-order chi connectivity index (χ0) is 18.4. The third-order valence-corrected chi connectivity index (χ3v) is 5.28. The highest BCUT2D eigenvalue weighted by atomic mass is 32.1. The van der Waals surface area contributed by atoms with Gasteiger partial charge in [0, 0.05) is 25.5 Å². The molecule has 1 aliphatic rings. The molecule has 0 bridgehead atoms. The lowest BCUT2D eigenvalue weighted by Crippen LogP contribution is -2.35. The van der Waals surface area contributed by atoms with Crippen LogP contribution in [0.3, 0.4) is 0 Å². The molecule has 0 aliphatic carbocycles. The van der Waals surface area contributed by atoms with Crippen LogP contribution in [0.2, 0.25) is 0 Å². The van der Waals surface area contributed by atoms with Crippen molar-refractivity contribution in [2.24, 2.45) is 0 Å². The number of benzene rings is 1. The van der Waals surface area contributed by atoms with Crippen LogP contribution in [0.15, 0.2) is 29.6 Å². The Hall–Kier alpha value is -1.96. The summed E-state index contributed by atoms with van der Waals surface area (Å²) in [4.78, 5) is 21.2. The van der Waals surface area contributed by atoms with Gasteiger partial charge in [0.05, 0.1) is 45.5 Å². The van der Waals surface area contributed by atoms with E-state index in [2.05, 4.69) is 9.88 Å². The molecule has 7 heteroatoms. The summed E-state index contributed by atoms with van der Waals surface area (Å²) in [6, 6.07) is 7.60. The van der Waals surface area contributed by atoms with E-state index in [1.54, 1.807) is 23.3 Å². The van der Waals surface area contributed by atoms with Crippen molar-refractivity contribution in [2.75, 3.05) is 40.5 Å². The summed E-state index contributed by atoms with van der Waals surface area (Å²) in [6.07, 6.45) is 0.380. The number of amides is 1. The molecule has 3 rings (SSSR count). The lowest BCUT2D eigenvalue weighted by Gasteiger charge is -2.25. The minimum Gasteiger partial charge on any atom is -0.497 e. The molecule has 6 nitrogen and oxygen atoms in total. The van der Waals surface area contributed by atoms with Crippen LogP contribution in [0.1, 0.15) is 16.3 Å². The van der Waals surface area contributed by atoms with Gasteiger partial charge < -0.3 is 14.4 Å². The van der Waals surface area contributed by atoms with Crippen LogP contribution in [0.5, 0.6) is 5.75 Å². The number of carbonyl (C=O) groups is 1. The van der Waals surface area contributed by atoms with Gasteiger partial charge in [-0.05, 0) is 17.7 Å². The van der Waals surface area contributed by atoms with Crippen molar-refractivity contribution in [2.45, 2.75) is 19.5 Å². The summed E-state index contributed by atoms with van der Waals surface area (Å²) in [5, 5.41) is 3.14. The van der Waals surface area contributed by atoms with Crippen molar-refractivity contribution in [3.8, 4) is 5.75 Å². The van der Waals surface area contributed by atoms with E-state index in [4.69, 9.17) is 9.47 Å². The number of morpholine rings is 1. The first-order valence-corrected chi connectivity index (χ1v) is 9.62. The first-order valence-electron chi connectivity index (χ1n) is 8.74. The summed E-state index contributed by atoms with van der Waals surface area (Å²) >= 11 is 1.66. The van der Waals surface area contributed by atoms with Gasteiger partial charge in [0.15, 0.2) is 0 Å².